The Morgan fingerprint density at radius 1 is 1.12 bits per heavy atom. The quantitative estimate of drug-likeness (QED) is 0.540. The molecule has 1 unspecified atom stereocenters. The van der Waals surface area contributed by atoms with E-state index in [4.69, 9.17) is 4.74 Å². The number of nitrogens with zero attached hydrogens (tertiary/aromatic N) is 5. The summed E-state index contributed by atoms with van der Waals surface area (Å²) in [6.45, 7) is 10.5. The van der Waals surface area contributed by atoms with Gasteiger partial charge in [0.15, 0.2) is 0 Å². The van der Waals surface area contributed by atoms with E-state index in [1.807, 2.05) is 38.8 Å². The number of benzene rings is 1. The second-order valence-corrected chi connectivity index (χ2v) is 12.4. The van der Waals surface area contributed by atoms with Crippen LogP contribution in [0.5, 0.6) is 0 Å². The molecule has 40 heavy (non-hydrogen) atoms. The summed E-state index contributed by atoms with van der Waals surface area (Å²) >= 11 is 0. The maximum absolute atomic E-state index is 12.5. The highest BCUT2D eigenvalue weighted by atomic mass is 16.6. The standard InChI is InChI=1S/C29H42N6O5/c1-29(2,3)40-28(39)33-11-9-19(10-12-33)16-34-13-14-35(17-21(34)18-36)20-5-6-22-24(15-20)32(4)31-26(22)23-7-8-25(37)30-27(23)38/h5-6,15,19,21,23,36H,7-14,16-18H2,1-4H3,(H,30,37,38)/t21-,23?/m0/s1. The molecule has 0 saturated carbocycles. The van der Waals surface area contributed by atoms with E-state index >= 15 is 0 Å². The van der Waals surface area contributed by atoms with Crippen LogP contribution in [-0.4, -0.2) is 100 Å². The Hall–Kier alpha value is -3.18. The summed E-state index contributed by atoms with van der Waals surface area (Å²) in [5.74, 6) is -0.452. The molecule has 3 amide bonds. The third-order valence-corrected chi connectivity index (χ3v) is 8.37. The number of piperidine rings is 2. The minimum absolute atomic E-state index is 0.0268. The van der Waals surface area contributed by atoms with Crippen LogP contribution in [0.4, 0.5) is 10.5 Å². The van der Waals surface area contributed by atoms with E-state index < -0.39 is 11.5 Å². The number of anilines is 1. The van der Waals surface area contributed by atoms with Crippen LogP contribution in [0.3, 0.4) is 0 Å². The van der Waals surface area contributed by atoms with Crippen LogP contribution in [0.15, 0.2) is 18.2 Å². The fraction of sp³-hybridized carbons (Fsp3) is 0.655. The number of amides is 3. The van der Waals surface area contributed by atoms with Gasteiger partial charge < -0.3 is 19.6 Å². The molecule has 0 radical (unpaired) electrons. The summed E-state index contributed by atoms with van der Waals surface area (Å²) in [5.41, 5.74) is 2.23. The number of aryl methyl sites for hydroxylation is 1. The third kappa shape index (κ3) is 6.10. The van der Waals surface area contributed by atoms with Crippen molar-refractivity contribution in [1.82, 2.24) is 24.9 Å². The lowest BCUT2D eigenvalue weighted by Gasteiger charge is -2.44. The molecule has 11 nitrogen and oxygen atoms in total. The van der Waals surface area contributed by atoms with Gasteiger partial charge in [-0.15, -0.1) is 0 Å². The summed E-state index contributed by atoms with van der Waals surface area (Å²) in [6.07, 6.45) is 2.43. The average Bonchev–Trinajstić information content (AvgIpc) is 3.23. The second-order valence-electron chi connectivity index (χ2n) is 12.4. The molecule has 0 bridgehead atoms. The van der Waals surface area contributed by atoms with Crippen LogP contribution >= 0.6 is 0 Å². The number of hydrogen-bond acceptors (Lipinski definition) is 8. The van der Waals surface area contributed by atoms with E-state index in [-0.39, 0.29) is 30.6 Å². The highest BCUT2D eigenvalue weighted by molar-refractivity contribution is 6.02. The number of hydrogen-bond donors (Lipinski definition) is 2. The van der Waals surface area contributed by atoms with E-state index in [2.05, 4.69) is 32.3 Å². The zero-order chi connectivity index (χ0) is 28.6. The molecule has 5 rings (SSSR count). The zero-order valence-electron chi connectivity index (χ0n) is 24.1. The lowest BCUT2D eigenvalue weighted by atomic mass is 9.92. The summed E-state index contributed by atoms with van der Waals surface area (Å²) in [5, 5.41) is 18.3. The maximum Gasteiger partial charge on any atom is 0.410 e. The van der Waals surface area contributed by atoms with E-state index in [9.17, 15) is 19.5 Å². The molecule has 1 aromatic carbocycles. The largest absolute Gasteiger partial charge is 0.444 e. The van der Waals surface area contributed by atoms with Crippen molar-refractivity contribution >= 4 is 34.5 Å². The van der Waals surface area contributed by atoms with Crippen LogP contribution in [0.25, 0.3) is 10.9 Å². The molecule has 2 atom stereocenters. The van der Waals surface area contributed by atoms with Crippen LogP contribution in [0.2, 0.25) is 0 Å². The molecule has 1 aromatic heterocycles. The molecule has 3 aliphatic rings. The molecule has 2 aromatic rings. The SMILES string of the molecule is Cn1nc(C2CCC(=O)NC2=O)c2ccc(N3CCN(CC4CCN(C(=O)OC(C)(C)C)CC4)[C@H](CO)C3)cc21. The van der Waals surface area contributed by atoms with Gasteiger partial charge in [-0.1, -0.05) is 0 Å². The van der Waals surface area contributed by atoms with Gasteiger partial charge in [0, 0.05) is 63.8 Å². The van der Waals surface area contributed by atoms with Gasteiger partial charge in [0.1, 0.15) is 5.60 Å². The van der Waals surface area contributed by atoms with Crippen molar-refractivity contribution in [2.24, 2.45) is 13.0 Å². The van der Waals surface area contributed by atoms with Gasteiger partial charge in [0.25, 0.3) is 0 Å². The molecule has 3 fully saturated rings. The first-order chi connectivity index (χ1) is 19.0. The van der Waals surface area contributed by atoms with Crippen molar-refractivity contribution < 1.29 is 24.2 Å². The molecular formula is C29H42N6O5. The number of carbonyl (C=O) groups is 3. The number of ether oxygens (including phenoxy) is 1. The lowest BCUT2D eigenvalue weighted by molar-refractivity contribution is -0.134. The van der Waals surface area contributed by atoms with Crippen molar-refractivity contribution in [1.29, 1.82) is 0 Å². The molecule has 218 valence electrons. The number of rotatable bonds is 5. The van der Waals surface area contributed by atoms with E-state index in [0.29, 0.717) is 37.5 Å². The van der Waals surface area contributed by atoms with Gasteiger partial charge in [-0.3, -0.25) is 24.5 Å². The molecule has 2 N–H and O–H groups in total. The number of fused-ring (bicyclic) bond motifs is 1. The van der Waals surface area contributed by atoms with Gasteiger partial charge in [-0.2, -0.15) is 5.10 Å². The first-order valence-electron chi connectivity index (χ1n) is 14.4. The molecular weight excluding hydrogens is 512 g/mol. The predicted octanol–water partition coefficient (Wildman–Crippen LogP) is 2.22. The van der Waals surface area contributed by atoms with Crippen LogP contribution in [0, 0.1) is 5.92 Å². The lowest BCUT2D eigenvalue weighted by Crippen LogP contribution is -2.56. The summed E-state index contributed by atoms with van der Waals surface area (Å²) in [4.78, 5) is 43.0. The summed E-state index contributed by atoms with van der Waals surface area (Å²) < 4.78 is 7.33. The smallest absolute Gasteiger partial charge is 0.410 e. The molecule has 3 aliphatic heterocycles. The normalized spacial score (nSPS) is 23.5. The van der Waals surface area contributed by atoms with Crippen LogP contribution < -0.4 is 10.2 Å². The summed E-state index contributed by atoms with van der Waals surface area (Å²) in [6, 6.07) is 6.22. The molecule has 11 heteroatoms. The van der Waals surface area contributed by atoms with Crippen LogP contribution in [0.1, 0.15) is 58.1 Å². The average molecular weight is 555 g/mol. The fourth-order valence-electron chi connectivity index (χ4n) is 6.18. The Labute approximate surface area is 235 Å². The number of imide groups is 1. The Morgan fingerprint density at radius 2 is 1.88 bits per heavy atom. The van der Waals surface area contributed by atoms with E-state index in [1.54, 1.807) is 4.68 Å². The highest BCUT2D eigenvalue weighted by Gasteiger charge is 2.34. The number of aliphatic hydroxyl groups excluding tert-OH is 1. The molecule has 4 heterocycles. The first kappa shape index (κ1) is 28.4. The molecule has 0 aliphatic carbocycles. The first-order valence-corrected chi connectivity index (χ1v) is 14.4. The van der Waals surface area contributed by atoms with Gasteiger partial charge in [-0.05, 0) is 64.2 Å². The minimum Gasteiger partial charge on any atom is -0.444 e. The van der Waals surface area contributed by atoms with E-state index in [0.717, 1.165) is 55.6 Å². The molecule has 0 spiro atoms. The monoisotopic (exact) mass is 554 g/mol. The highest BCUT2D eigenvalue weighted by Crippen LogP contribution is 2.33. The third-order valence-electron chi connectivity index (χ3n) is 8.37. The Bertz CT molecular complexity index is 1260. The topological polar surface area (TPSA) is 120 Å². The van der Waals surface area contributed by atoms with Gasteiger partial charge in [0.2, 0.25) is 11.8 Å². The number of carbonyl (C=O) groups excluding carboxylic acids is 3. The number of aliphatic hydroxyl groups is 1. The van der Waals surface area contributed by atoms with Crippen molar-refractivity contribution in [2.45, 2.75) is 64.0 Å². The minimum atomic E-state index is -0.487. The maximum atomic E-state index is 12.5. The Balaban J connectivity index is 1.20. The second kappa shape index (κ2) is 11.4. The predicted molar refractivity (Wildman–Crippen MR) is 151 cm³/mol. The van der Waals surface area contributed by atoms with Gasteiger partial charge >= 0.3 is 6.09 Å². The number of likely N-dealkylation sites (tertiary alicyclic amines) is 1. The number of nitrogens with one attached hydrogen (secondary N) is 1. The fourth-order valence-corrected chi connectivity index (χ4v) is 6.18. The van der Waals surface area contributed by atoms with Crippen molar-refractivity contribution in [2.75, 3.05) is 50.8 Å². The number of piperazine rings is 1. The van der Waals surface area contributed by atoms with Gasteiger partial charge in [0.05, 0.1) is 29.8 Å². The Morgan fingerprint density at radius 3 is 2.55 bits per heavy atom. The zero-order valence-corrected chi connectivity index (χ0v) is 24.1. The summed E-state index contributed by atoms with van der Waals surface area (Å²) in [7, 11) is 1.88. The van der Waals surface area contributed by atoms with Crippen molar-refractivity contribution in [3.63, 3.8) is 0 Å². The van der Waals surface area contributed by atoms with Crippen molar-refractivity contribution in [3.05, 3.63) is 23.9 Å². The molecule has 3 saturated heterocycles. The van der Waals surface area contributed by atoms with Crippen LogP contribution in [-0.2, 0) is 21.4 Å². The van der Waals surface area contributed by atoms with Gasteiger partial charge in [-0.25, -0.2) is 4.79 Å². The Kier molecular flexibility index (Phi) is 8.05. The van der Waals surface area contributed by atoms with Crippen molar-refractivity contribution in [3.8, 4) is 0 Å². The number of aromatic nitrogens is 2. The van der Waals surface area contributed by atoms with E-state index in [1.165, 1.54) is 0 Å².